The van der Waals surface area contributed by atoms with E-state index >= 15 is 0 Å². The van der Waals surface area contributed by atoms with Crippen LogP contribution in [0.2, 0.25) is 0 Å². The van der Waals surface area contributed by atoms with Gasteiger partial charge in [0.1, 0.15) is 0 Å². The van der Waals surface area contributed by atoms with Gasteiger partial charge in [-0.3, -0.25) is 9.59 Å². The third-order valence-corrected chi connectivity index (χ3v) is 4.97. The molecule has 132 valence electrons. The molecule has 0 saturated heterocycles. The Bertz CT molecular complexity index is 736. The fraction of sp³-hybridized carbons (Fsp3) is 0.300. The predicted molar refractivity (Wildman–Crippen MR) is 102 cm³/mol. The summed E-state index contributed by atoms with van der Waals surface area (Å²) in [5.41, 5.74) is 1.17. The van der Waals surface area contributed by atoms with Gasteiger partial charge in [0.05, 0.1) is 13.0 Å². The normalized spacial score (nSPS) is 12.1. The molecular weight excluding hydrogens is 334 g/mol. The highest BCUT2D eigenvalue weighted by molar-refractivity contribution is 7.16. The van der Waals surface area contributed by atoms with Gasteiger partial charge in [-0.25, -0.2) is 0 Å². The second-order valence-corrected chi connectivity index (χ2v) is 6.82. The molecule has 0 spiro atoms. The molecule has 1 aromatic heterocycles. The molecule has 1 heterocycles. The number of amides is 1. The number of thiophene rings is 1. The van der Waals surface area contributed by atoms with Crippen molar-refractivity contribution in [3.8, 4) is 10.4 Å². The molecule has 0 aliphatic carbocycles. The lowest BCUT2D eigenvalue weighted by molar-refractivity contribution is -0.146. The van der Waals surface area contributed by atoms with E-state index in [-0.39, 0.29) is 17.8 Å². The number of benzene rings is 1. The van der Waals surface area contributed by atoms with Gasteiger partial charge < -0.3 is 9.64 Å². The highest BCUT2D eigenvalue weighted by Gasteiger charge is 2.19. The van der Waals surface area contributed by atoms with Crippen LogP contribution in [0.1, 0.15) is 18.7 Å². The number of ether oxygens (including phenoxy) is 1. The number of hydrogen-bond donors (Lipinski definition) is 0. The molecule has 0 bridgehead atoms. The van der Waals surface area contributed by atoms with Gasteiger partial charge in [-0.05, 0) is 30.7 Å². The second-order valence-electron chi connectivity index (χ2n) is 5.70. The van der Waals surface area contributed by atoms with E-state index in [2.05, 4.69) is 18.2 Å². The molecular formula is C20H23NO3S. The van der Waals surface area contributed by atoms with Crippen LogP contribution in [0.3, 0.4) is 0 Å². The third kappa shape index (κ3) is 5.29. The van der Waals surface area contributed by atoms with Crippen molar-refractivity contribution in [1.29, 1.82) is 0 Å². The Morgan fingerprint density at radius 1 is 1.20 bits per heavy atom. The maximum Gasteiger partial charge on any atom is 0.310 e. The summed E-state index contributed by atoms with van der Waals surface area (Å²) in [6.07, 6.45) is 3.39. The molecule has 5 heteroatoms. The van der Waals surface area contributed by atoms with Gasteiger partial charge in [0.2, 0.25) is 5.91 Å². The highest BCUT2D eigenvalue weighted by atomic mass is 32.1. The van der Waals surface area contributed by atoms with Crippen molar-refractivity contribution in [3.63, 3.8) is 0 Å². The number of hydrogen-bond acceptors (Lipinski definition) is 4. The quantitative estimate of drug-likeness (QED) is 0.554. The third-order valence-electron chi connectivity index (χ3n) is 3.87. The molecule has 0 radical (unpaired) electrons. The average Bonchev–Trinajstić information content (AvgIpc) is 3.13. The highest BCUT2D eigenvalue weighted by Crippen LogP contribution is 2.28. The molecule has 1 amide bonds. The Morgan fingerprint density at radius 2 is 1.92 bits per heavy atom. The van der Waals surface area contributed by atoms with Crippen LogP contribution in [0.5, 0.6) is 0 Å². The molecule has 2 rings (SSSR count). The lowest BCUT2D eigenvalue weighted by Crippen LogP contribution is -2.36. The van der Waals surface area contributed by atoms with Gasteiger partial charge in [-0.1, -0.05) is 37.3 Å². The second kappa shape index (κ2) is 9.18. The summed E-state index contributed by atoms with van der Waals surface area (Å²) in [5.74, 6) is -0.748. The van der Waals surface area contributed by atoms with Crippen molar-refractivity contribution in [2.24, 2.45) is 5.92 Å². The van der Waals surface area contributed by atoms with Crippen molar-refractivity contribution >= 4 is 29.3 Å². The van der Waals surface area contributed by atoms with Gasteiger partial charge in [0.15, 0.2) is 0 Å². The molecule has 0 aliphatic heterocycles. The summed E-state index contributed by atoms with van der Waals surface area (Å²) in [4.78, 5) is 27.7. The standard InChI is InChI=1S/C20H23NO3S/c1-4-21(14-15(2)20(23)24-3)19(22)13-11-17-10-12-18(25-17)16-8-6-5-7-9-16/h5-13,15H,4,14H2,1-3H3/b13-11+. The van der Waals surface area contributed by atoms with Gasteiger partial charge in [0.25, 0.3) is 0 Å². The van der Waals surface area contributed by atoms with Crippen molar-refractivity contribution < 1.29 is 14.3 Å². The summed E-state index contributed by atoms with van der Waals surface area (Å²) in [5, 5.41) is 0. The SMILES string of the molecule is CCN(CC(C)C(=O)OC)C(=O)/C=C/c1ccc(-c2ccccc2)s1. The average molecular weight is 357 g/mol. The van der Waals surface area contributed by atoms with E-state index in [0.29, 0.717) is 13.1 Å². The summed E-state index contributed by atoms with van der Waals surface area (Å²) in [6.45, 7) is 4.56. The Hall–Kier alpha value is -2.40. The fourth-order valence-corrected chi connectivity index (χ4v) is 3.36. The number of carbonyl (C=O) groups is 2. The Kier molecular flexibility index (Phi) is 6.95. The molecule has 25 heavy (non-hydrogen) atoms. The number of rotatable bonds is 7. The van der Waals surface area contributed by atoms with Crippen molar-refractivity contribution in [3.05, 3.63) is 53.4 Å². The first-order valence-corrected chi connectivity index (χ1v) is 9.06. The Morgan fingerprint density at radius 3 is 2.56 bits per heavy atom. The first-order chi connectivity index (χ1) is 12.0. The zero-order valence-corrected chi connectivity index (χ0v) is 15.6. The van der Waals surface area contributed by atoms with E-state index in [0.717, 1.165) is 4.88 Å². The fourth-order valence-electron chi connectivity index (χ4n) is 2.44. The number of methoxy groups -OCH3 is 1. The summed E-state index contributed by atoms with van der Waals surface area (Å²) >= 11 is 1.64. The lowest BCUT2D eigenvalue weighted by Gasteiger charge is -2.22. The predicted octanol–water partition coefficient (Wildman–Crippen LogP) is 4.09. The topological polar surface area (TPSA) is 46.6 Å². The number of nitrogens with zero attached hydrogens (tertiary/aromatic N) is 1. The van der Waals surface area contributed by atoms with Crippen LogP contribution in [0.4, 0.5) is 0 Å². The molecule has 1 unspecified atom stereocenters. The zero-order valence-electron chi connectivity index (χ0n) is 14.8. The van der Waals surface area contributed by atoms with E-state index < -0.39 is 0 Å². The Labute approximate surface area is 152 Å². The van der Waals surface area contributed by atoms with E-state index in [1.165, 1.54) is 17.6 Å². The van der Waals surface area contributed by atoms with Crippen LogP contribution in [-0.4, -0.2) is 37.0 Å². The van der Waals surface area contributed by atoms with E-state index in [1.54, 1.807) is 29.2 Å². The number of carbonyl (C=O) groups excluding carboxylic acids is 2. The van der Waals surface area contributed by atoms with Crippen molar-refractivity contribution in [2.75, 3.05) is 20.2 Å². The smallest absolute Gasteiger partial charge is 0.310 e. The van der Waals surface area contributed by atoms with Crippen LogP contribution in [0, 0.1) is 5.92 Å². The minimum atomic E-state index is -0.339. The largest absolute Gasteiger partial charge is 0.469 e. The van der Waals surface area contributed by atoms with Gasteiger partial charge >= 0.3 is 5.97 Å². The molecule has 4 nitrogen and oxygen atoms in total. The molecule has 1 aromatic carbocycles. The number of likely N-dealkylation sites (N-methyl/N-ethyl adjacent to an activating group) is 1. The molecule has 0 N–H and O–H groups in total. The van der Waals surface area contributed by atoms with E-state index in [9.17, 15) is 9.59 Å². The minimum Gasteiger partial charge on any atom is -0.469 e. The number of esters is 1. The zero-order chi connectivity index (χ0) is 18.2. The molecule has 0 fully saturated rings. The van der Waals surface area contributed by atoms with E-state index in [4.69, 9.17) is 4.74 Å². The van der Waals surface area contributed by atoms with Crippen LogP contribution in [-0.2, 0) is 14.3 Å². The van der Waals surface area contributed by atoms with Crippen LogP contribution < -0.4 is 0 Å². The van der Waals surface area contributed by atoms with Crippen LogP contribution >= 0.6 is 11.3 Å². The first-order valence-electron chi connectivity index (χ1n) is 8.25. The molecule has 0 aliphatic rings. The summed E-state index contributed by atoms with van der Waals surface area (Å²) in [6, 6.07) is 14.2. The molecule has 0 saturated carbocycles. The summed E-state index contributed by atoms with van der Waals surface area (Å²) < 4.78 is 4.72. The maximum atomic E-state index is 12.4. The van der Waals surface area contributed by atoms with Crippen LogP contribution in [0.25, 0.3) is 16.5 Å². The van der Waals surface area contributed by atoms with Gasteiger partial charge in [-0.15, -0.1) is 11.3 Å². The van der Waals surface area contributed by atoms with E-state index in [1.807, 2.05) is 37.3 Å². The monoisotopic (exact) mass is 357 g/mol. The Balaban J connectivity index is 2.01. The van der Waals surface area contributed by atoms with Crippen molar-refractivity contribution in [2.45, 2.75) is 13.8 Å². The first kappa shape index (κ1) is 18.9. The van der Waals surface area contributed by atoms with Crippen LogP contribution in [0.15, 0.2) is 48.5 Å². The van der Waals surface area contributed by atoms with Gasteiger partial charge in [-0.2, -0.15) is 0 Å². The lowest BCUT2D eigenvalue weighted by atomic mass is 10.1. The summed E-state index contributed by atoms with van der Waals surface area (Å²) in [7, 11) is 1.36. The molecule has 1 atom stereocenters. The van der Waals surface area contributed by atoms with Gasteiger partial charge in [0, 0.05) is 28.9 Å². The maximum absolute atomic E-state index is 12.4. The van der Waals surface area contributed by atoms with Crippen molar-refractivity contribution in [1.82, 2.24) is 4.90 Å². The minimum absolute atomic E-state index is 0.104. The molecule has 2 aromatic rings.